The van der Waals surface area contributed by atoms with Gasteiger partial charge in [0.15, 0.2) is 0 Å². The molecule has 5 rings (SSSR count). The Kier molecular flexibility index (Phi) is 7.14. The summed E-state index contributed by atoms with van der Waals surface area (Å²) in [5.41, 5.74) is 2.17. The zero-order valence-electron chi connectivity index (χ0n) is 18.7. The lowest BCUT2D eigenvalue weighted by atomic mass is 9.98. The molecule has 1 fully saturated rings. The van der Waals surface area contributed by atoms with Crippen molar-refractivity contribution in [2.45, 2.75) is 23.9 Å². The molecule has 3 aromatic rings. The third-order valence-electron chi connectivity index (χ3n) is 6.25. The van der Waals surface area contributed by atoms with Gasteiger partial charge in [-0.3, -0.25) is 9.69 Å². The van der Waals surface area contributed by atoms with Crippen LogP contribution in [0.25, 0.3) is 0 Å². The summed E-state index contributed by atoms with van der Waals surface area (Å²) in [7, 11) is -3.52. The number of carbonyl (C=O) groups is 1. The first-order chi connectivity index (χ1) is 16.5. The van der Waals surface area contributed by atoms with Crippen molar-refractivity contribution in [2.24, 2.45) is 0 Å². The fourth-order valence-corrected chi connectivity index (χ4v) is 7.66. The van der Waals surface area contributed by atoms with E-state index in [1.807, 2.05) is 0 Å². The minimum absolute atomic E-state index is 0.0368. The lowest BCUT2D eigenvalue weighted by Crippen LogP contribution is -2.42. The Labute approximate surface area is 208 Å². The predicted molar refractivity (Wildman–Crippen MR) is 134 cm³/mol. The minimum Gasteiger partial charge on any atom is -0.379 e. The molecule has 1 atom stereocenters. The van der Waals surface area contributed by atoms with Crippen molar-refractivity contribution >= 4 is 38.6 Å². The van der Waals surface area contributed by atoms with Crippen LogP contribution in [0.3, 0.4) is 0 Å². The van der Waals surface area contributed by atoms with Gasteiger partial charge < -0.3 is 10.1 Å². The highest BCUT2D eigenvalue weighted by atomic mass is 32.2. The number of carbonyl (C=O) groups excluding carboxylic acids is 1. The number of hydrogen-bond acceptors (Lipinski definition) is 7. The molecule has 1 aromatic carbocycles. The summed E-state index contributed by atoms with van der Waals surface area (Å²) >= 11 is 3.51. The van der Waals surface area contributed by atoms with Gasteiger partial charge in [-0.1, -0.05) is 18.2 Å². The van der Waals surface area contributed by atoms with Crippen molar-refractivity contribution < 1.29 is 17.9 Å². The summed E-state index contributed by atoms with van der Waals surface area (Å²) in [5, 5.41) is 7.22. The largest absolute Gasteiger partial charge is 0.379 e. The van der Waals surface area contributed by atoms with Crippen LogP contribution in [-0.4, -0.2) is 62.9 Å². The molecule has 0 aliphatic carbocycles. The Morgan fingerprint density at radius 2 is 1.82 bits per heavy atom. The van der Waals surface area contributed by atoms with Crippen LogP contribution in [0.4, 0.5) is 0 Å². The van der Waals surface area contributed by atoms with Crippen LogP contribution < -0.4 is 5.32 Å². The molecule has 0 unspecified atom stereocenters. The van der Waals surface area contributed by atoms with Gasteiger partial charge in [-0.2, -0.15) is 4.31 Å². The van der Waals surface area contributed by atoms with E-state index in [-0.39, 0.29) is 16.8 Å². The van der Waals surface area contributed by atoms with E-state index in [9.17, 15) is 13.2 Å². The molecule has 0 radical (unpaired) electrons. The zero-order chi connectivity index (χ0) is 23.5. The summed E-state index contributed by atoms with van der Waals surface area (Å²) in [6.07, 6.45) is 0.960. The van der Waals surface area contributed by atoms with Crippen LogP contribution in [0.2, 0.25) is 0 Å². The lowest BCUT2D eigenvalue weighted by Gasteiger charge is -2.34. The zero-order valence-corrected chi connectivity index (χ0v) is 21.1. The molecule has 2 aliphatic heterocycles. The average molecular weight is 518 g/mol. The molecule has 0 bridgehead atoms. The quantitative estimate of drug-likeness (QED) is 0.521. The highest BCUT2D eigenvalue weighted by Gasteiger charge is 2.31. The first kappa shape index (κ1) is 23.7. The van der Waals surface area contributed by atoms with Crippen LogP contribution in [0, 0.1) is 0 Å². The molecule has 10 heteroatoms. The molecule has 2 aliphatic rings. The summed E-state index contributed by atoms with van der Waals surface area (Å²) in [6.45, 7) is 3.10. The molecule has 7 nitrogen and oxygen atoms in total. The third kappa shape index (κ3) is 4.98. The second-order valence-electron chi connectivity index (χ2n) is 8.37. The second kappa shape index (κ2) is 10.3. The number of morpholine rings is 1. The van der Waals surface area contributed by atoms with Crippen molar-refractivity contribution in [1.29, 1.82) is 0 Å². The number of hydrogen-bond donors (Lipinski definition) is 1. The van der Waals surface area contributed by atoms with E-state index in [0.717, 1.165) is 18.5 Å². The standard InChI is InChI=1S/C24H27N3O4S3/c28-23(17-26-9-7-21-20(8-15-33-21)24(26)22-2-1-14-32-22)25-16-18-3-5-19(6-4-18)34(29,30)27-10-12-31-13-11-27/h1-6,8,14-15,24H,7,9-13,16-17H2,(H,25,28)/t24-/m1/s1. The van der Waals surface area contributed by atoms with E-state index in [0.29, 0.717) is 39.4 Å². The average Bonchev–Trinajstić information content (AvgIpc) is 3.56. The number of ether oxygens (including phenoxy) is 1. The smallest absolute Gasteiger partial charge is 0.243 e. The number of amides is 1. The van der Waals surface area contributed by atoms with Crippen LogP contribution in [0.1, 0.15) is 26.9 Å². The van der Waals surface area contributed by atoms with Gasteiger partial charge in [0.1, 0.15) is 0 Å². The maximum absolute atomic E-state index is 12.8. The molecule has 2 aromatic heterocycles. The summed E-state index contributed by atoms with van der Waals surface area (Å²) in [4.78, 5) is 18.0. The van der Waals surface area contributed by atoms with E-state index in [1.54, 1.807) is 46.9 Å². The number of nitrogens with one attached hydrogen (secondary N) is 1. The summed E-state index contributed by atoms with van der Waals surface area (Å²) in [6, 6.07) is 13.2. The van der Waals surface area contributed by atoms with Gasteiger partial charge in [-0.05, 0) is 52.6 Å². The molecule has 4 heterocycles. The van der Waals surface area contributed by atoms with Gasteiger partial charge in [-0.25, -0.2) is 8.42 Å². The molecule has 180 valence electrons. The Morgan fingerprint density at radius 1 is 1.03 bits per heavy atom. The number of fused-ring (bicyclic) bond motifs is 1. The Bertz CT molecular complexity index is 1220. The number of rotatable bonds is 7. The number of benzene rings is 1. The van der Waals surface area contributed by atoms with Crippen molar-refractivity contribution in [1.82, 2.24) is 14.5 Å². The van der Waals surface area contributed by atoms with Crippen molar-refractivity contribution in [3.63, 3.8) is 0 Å². The fraction of sp³-hybridized carbons (Fsp3) is 0.375. The summed E-state index contributed by atoms with van der Waals surface area (Å²) < 4.78 is 32.3. The van der Waals surface area contributed by atoms with Crippen LogP contribution in [0.5, 0.6) is 0 Å². The van der Waals surface area contributed by atoms with E-state index < -0.39 is 10.0 Å². The number of nitrogens with zero attached hydrogens (tertiary/aromatic N) is 2. The van der Waals surface area contributed by atoms with Crippen molar-refractivity contribution in [3.8, 4) is 0 Å². The predicted octanol–water partition coefficient (Wildman–Crippen LogP) is 3.09. The Hall–Kier alpha value is -2.08. The van der Waals surface area contributed by atoms with Gasteiger partial charge in [-0.15, -0.1) is 22.7 Å². The second-order valence-corrected chi connectivity index (χ2v) is 12.3. The molecular formula is C24H27N3O4S3. The molecule has 1 amide bonds. The van der Waals surface area contributed by atoms with Crippen LogP contribution in [0.15, 0.2) is 58.1 Å². The molecule has 1 N–H and O–H groups in total. The highest BCUT2D eigenvalue weighted by Crippen LogP contribution is 2.39. The Morgan fingerprint density at radius 3 is 2.56 bits per heavy atom. The fourth-order valence-electron chi connectivity index (χ4n) is 4.48. The molecule has 34 heavy (non-hydrogen) atoms. The maximum Gasteiger partial charge on any atom is 0.243 e. The minimum atomic E-state index is -3.52. The van der Waals surface area contributed by atoms with Gasteiger partial charge in [0.2, 0.25) is 15.9 Å². The molecule has 0 saturated carbocycles. The molecule has 1 saturated heterocycles. The summed E-state index contributed by atoms with van der Waals surface area (Å²) in [5.74, 6) is -0.0368. The van der Waals surface area contributed by atoms with Gasteiger partial charge in [0.05, 0.1) is 30.7 Å². The normalized spacial score (nSPS) is 19.6. The SMILES string of the molecule is O=C(CN1CCc2sccc2[C@@H]1c1cccs1)NCc1ccc(S(=O)(=O)N2CCOCC2)cc1. The van der Waals surface area contributed by atoms with Crippen LogP contribution in [-0.2, 0) is 32.5 Å². The molecule has 0 spiro atoms. The Balaban J connectivity index is 1.20. The van der Waals surface area contributed by atoms with Crippen LogP contribution >= 0.6 is 22.7 Å². The van der Waals surface area contributed by atoms with E-state index >= 15 is 0 Å². The first-order valence-electron chi connectivity index (χ1n) is 11.3. The highest BCUT2D eigenvalue weighted by molar-refractivity contribution is 7.89. The van der Waals surface area contributed by atoms with E-state index in [4.69, 9.17) is 4.74 Å². The van der Waals surface area contributed by atoms with Gasteiger partial charge in [0, 0.05) is 35.9 Å². The third-order valence-corrected chi connectivity index (χ3v) is 10.1. The van der Waals surface area contributed by atoms with Gasteiger partial charge in [0.25, 0.3) is 0 Å². The van der Waals surface area contributed by atoms with E-state index in [1.165, 1.54) is 19.6 Å². The van der Waals surface area contributed by atoms with Gasteiger partial charge >= 0.3 is 0 Å². The first-order valence-corrected chi connectivity index (χ1v) is 14.5. The van der Waals surface area contributed by atoms with E-state index in [2.05, 4.69) is 39.2 Å². The monoisotopic (exact) mass is 517 g/mol. The number of thiophene rings is 2. The number of sulfonamides is 1. The lowest BCUT2D eigenvalue weighted by molar-refractivity contribution is -0.122. The maximum atomic E-state index is 12.8. The topological polar surface area (TPSA) is 79.0 Å². The molecular weight excluding hydrogens is 490 g/mol. The van der Waals surface area contributed by atoms with Crippen molar-refractivity contribution in [2.75, 3.05) is 39.4 Å². The van der Waals surface area contributed by atoms with Crippen molar-refractivity contribution in [3.05, 3.63) is 74.1 Å².